The molecular formula is C16H22ClN3O. The summed E-state index contributed by atoms with van der Waals surface area (Å²) in [6, 6.07) is 8.04. The van der Waals surface area contributed by atoms with Gasteiger partial charge in [-0.1, -0.05) is 29.8 Å². The van der Waals surface area contributed by atoms with Crippen molar-refractivity contribution in [3.8, 4) is 0 Å². The fourth-order valence-electron chi connectivity index (χ4n) is 3.11. The van der Waals surface area contributed by atoms with Gasteiger partial charge in [0.05, 0.1) is 6.04 Å². The lowest BCUT2D eigenvalue weighted by atomic mass is 10.1. The van der Waals surface area contributed by atoms with Gasteiger partial charge >= 0.3 is 0 Å². The number of nitrogens with zero attached hydrogens (tertiary/aromatic N) is 2. The van der Waals surface area contributed by atoms with Crippen LogP contribution in [0.2, 0.25) is 5.02 Å². The van der Waals surface area contributed by atoms with Gasteiger partial charge in [-0.05, 0) is 31.0 Å². The van der Waals surface area contributed by atoms with E-state index in [4.69, 9.17) is 11.6 Å². The van der Waals surface area contributed by atoms with Gasteiger partial charge in [-0.2, -0.15) is 0 Å². The van der Waals surface area contributed by atoms with Crippen molar-refractivity contribution < 1.29 is 4.79 Å². The average molecular weight is 308 g/mol. The van der Waals surface area contributed by atoms with E-state index < -0.39 is 0 Å². The molecule has 1 N–H and O–H groups in total. The summed E-state index contributed by atoms with van der Waals surface area (Å²) in [6.07, 6.45) is 2.10. The highest BCUT2D eigenvalue weighted by Crippen LogP contribution is 2.18. The first-order valence-corrected chi connectivity index (χ1v) is 8.10. The predicted molar refractivity (Wildman–Crippen MR) is 84.3 cm³/mol. The van der Waals surface area contributed by atoms with E-state index in [0.717, 1.165) is 62.7 Å². The number of carbonyl (C=O) groups is 1. The Hall–Kier alpha value is -1.10. The normalized spacial score (nSPS) is 23.5. The van der Waals surface area contributed by atoms with Gasteiger partial charge in [0.2, 0.25) is 5.91 Å². The van der Waals surface area contributed by atoms with Gasteiger partial charge < -0.3 is 10.2 Å². The zero-order chi connectivity index (χ0) is 14.7. The third-order valence-electron chi connectivity index (χ3n) is 4.39. The number of benzene rings is 1. The molecule has 0 radical (unpaired) electrons. The molecule has 2 heterocycles. The molecule has 0 saturated carbocycles. The summed E-state index contributed by atoms with van der Waals surface area (Å²) in [4.78, 5) is 16.7. The lowest BCUT2D eigenvalue weighted by Gasteiger charge is -2.36. The Labute approximate surface area is 131 Å². The SMILES string of the molecule is O=C(C1CCCN1)N1CCN(Cc2ccccc2Cl)CC1. The first kappa shape index (κ1) is 14.8. The van der Waals surface area contributed by atoms with Crippen molar-refractivity contribution in [2.45, 2.75) is 25.4 Å². The van der Waals surface area contributed by atoms with Crippen LogP contribution in [0.1, 0.15) is 18.4 Å². The Morgan fingerprint density at radius 3 is 2.67 bits per heavy atom. The van der Waals surface area contributed by atoms with Crippen LogP contribution in [0.3, 0.4) is 0 Å². The summed E-state index contributed by atoms with van der Waals surface area (Å²) in [5, 5.41) is 4.12. The second kappa shape index (κ2) is 6.77. The lowest BCUT2D eigenvalue weighted by molar-refractivity contribution is -0.134. The van der Waals surface area contributed by atoms with Gasteiger partial charge in [0, 0.05) is 37.7 Å². The minimum absolute atomic E-state index is 0.0557. The van der Waals surface area contributed by atoms with E-state index in [0.29, 0.717) is 0 Å². The number of halogens is 1. The topological polar surface area (TPSA) is 35.6 Å². The monoisotopic (exact) mass is 307 g/mol. The molecular weight excluding hydrogens is 286 g/mol. The van der Waals surface area contributed by atoms with Crippen molar-refractivity contribution >= 4 is 17.5 Å². The molecule has 0 aliphatic carbocycles. The Morgan fingerprint density at radius 1 is 1.24 bits per heavy atom. The van der Waals surface area contributed by atoms with Crippen LogP contribution < -0.4 is 5.32 Å². The standard InChI is InChI=1S/C16H22ClN3O/c17-14-5-2-1-4-13(14)12-19-8-10-20(11-9-19)16(21)15-6-3-7-18-15/h1-2,4-5,15,18H,3,6-12H2. The van der Waals surface area contributed by atoms with E-state index in [1.807, 2.05) is 23.1 Å². The molecule has 2 aliphatic rings. The minimum Gasteiger partial charge on any atom is -0.339 e. The highest BCUT2D eigenvalue weighted by atomic mass is 35.5. The van der Waals surface area contributed by atoms with E-state index >= 15 is 0 Å². The highest BCUT2D eigenvalue weighted by Gasteiger charge is 2.29. The van der Waals surface area contributed by atoms with E-state index in [2.05, 4.69) is 16.3 Å². The molecule has 0 bridgehead atoms. The molecule has 1 aromatic rings. The Balaban J connectivity index is 1.51. The maximum atomic E-state index is 12.3. The summed E-state index contributed by atoms with van der Waals surface area (Å²) in [7, 11) is 0. The average Bonchev–Trinajstić information content (AvgIpc) is 3.04. The van der Waals surface area contributed by atoms with E-state index in [9.17, 15) is 4.79 Å². The molecule has 21 heavy (non-hydrogen) atoms. The second-order valence-corrected chi connectivity index (χ2v) is 6.25. The molecule has 0 aromatic heterocycles. The largest absolute Gasteiger partial charge is 0.339 e. The van der Waals surface area contributed by atoms with Crippen molar-refractivity contribution in [3.63, 3.8) is 0 Å². The number of rotatable bonds is 3. The third-order valence-corrected chi connectivity index (χ3v) is 4.76. The number of amides is 1. The number of carbonyl (C=O) groups excluding carboxylic acids is 1. The molecule has 0 spiro atoms. The number of hydrogen-bond donors (Lipinski definition) is 1. The maximum Gasteiger partial charge on any atom is 0.239 e. The number of piperazine rings is 1. The molecule has 1 atom stereocenters. The molecule has 1 amide bonds. The van der Waals surface area contributed by atoms with E-state index in [1.165, 1.54) is 0 Å². The van der Waals surface area contributed by atoms with Crippen LogP contribution in [-0.4, -0.2) is 54.5 Å². The van der Waals surface area contributed by atoms with Gasteiger partial charge in [0.25, 0.3) is 0 Å². The third kappa shape index (κ3) is 3.57. The number of nitrogens with one attached hydrogen (secondary N) is 1. The first-order chi connectivity index (χ1) is 10.2. The molecule has 5 heteroatoms. The zero-order valence-corrected chi connectivity index (χ0v) is 13.0. The van der Waals surface area contributed by atoms with Crippen molar-refractivity contribution in [2.75, 3.05) is 32.7 Å². The summed E-state index contributed by atoms with van der Waals surface area (Å²) in [5.41, 5.74) is 1.16. The zero-order valence-electron chi connectivity index (χ0n) is 12.2. The second-order valence-electron chi connectivity index (χ2n) is 5.84. The van der Waals surface area contributed by atoms with Crippen LogP contribution in [0, 0.1) is 0 Å². The van der Waals surface area contributed by atoms with Crippen molar-refractivity contribution in [2.24, 2.45) is 0 Å². The minimum atomic E-state index is 0.0557. The fraction of sp³-hybridized carbons (Fsp3) is 0.562. The van der Waals surface area contributed by atoms with Crippen molar-refractivity contribution in [1.29, 1.82) is 0 Å². The van der Waals surface area contributed by atoms with Gasteiger partial charge in [0.15, 0.2) is 0 Å². The summed E-state index contributed by atoms with van der Waals surface area (Å²) in [6.45, 7) is 5.32. The van der Waals surface area contributed by atoms with Gasteiger partial charge in [-0.15, -0.1) is 0 Å². The molecule has 114 valence electrons. The Kier molecular flexibility index (Phi) is 4.78. The summed E-state index contributed by atoms with van der Waals surface area (Å²) in [5.74, 6) is 0.282. The first-order valence-electron chi connectivity index (χ1n) is 7.72. The van der Waals surface area contributed by atoms with Gasteiger partial charge in [-0.3, -0.25) is 9.69 Å². The molecule has 1 aromatic carbocycles. The summed E-state index contributed by atoms with van der Waals surface area (Å²) >= 11 is 6.21. The molecule has 1 unspecified atom stereocenters. The molecule has 2 fully saturated rings. The highest BCUT2D eigenvalue weighted by molar-refractivity contribution is 6.31. The van der Waals surface area contributed by atoms with Crippen LogP contribution in [-0.2, 0) is 11.3 Å². The fourth-order valence-corrected chi connectivity index (χ4v) is 3.31. The molecule has 4 nitrogen and oxygen atoms in total. The molecule has 3 rings (SSSR count). The predicted octanol–water partition coefficient (Wildman–Crippen LogP) is 1.74. The van der Waals surface area contributed by atoms with Crippen LogP contribution in [0.4, 0.5) is 0 Å². The van der Waals surface area contributed by atoms with Crippen LogP contribution in [0.5, 0.6) is 0 Å². The van der Waals surface area contributed by atoms with Gasteiger partial charge in [0.1, 0.15) is 0 Å². The van der Waals surface area contributed by atoms with E-state index in [1.54, 1.807) is 0 Å². The van der Waals surface area contributed by atoms with Crippen LogP contribution >= 0.6 is 11.6 Å². The molecule has 2 aliphatic heterocycles. The van der Waals surface area contributed by atoms with Crippen LogP contribution in [0.15, 0.2) is 24.3 Å². The van der Waals surface area contributed by atoms with Crippen molar-refractivity contribution in [3.05, 3.63) is 34.9 Å². The van der Waals surface area contributed by atoms with Gasteiger partial charge in [-0.25, -0.2) is 0 Å². The Morgan fingerprint density at radius 2 is 2.00 bits per heavy atom. The van der Waals surface area contributed by atoms with Crippen LogP contribution in [0.25, 0.3) is 0 Å². The number of hydrogen-bond acceptors (Lipinski definition) is 3. The molecule has 2 saturated heterocycles. The summed E-state index contributed by atoms with van der Waals surface area (Å²) < 4.78 is 0. The van der Waals surface area contributed by atoms with E-state index in [-0.39, 0.29) is 11.9 Å². The van der Waals surface area contributed by atoms with Crippen molar-refractivity contribution in [1.82, 2.24) is 15.1 Å². The quantitative estimate of drug-likeness (QED) is 0.924. The smallest absolute Gasteiger partial charge is 0.239 e. The maximum absolute atomic E-state index is 12.3. The Bertz CT molecular complexity index is 494. The lowest BCUT2D eigenvalue weighted by Crippen LogP contribution is -2.52.